The SMILES string of the molecule is NC[C@H]1CC[C@@H](C(=O)N2CCCN(Cc3ccc(F)cc3)CC2)O1. The molecule has 2 atom stereocenters. The molecule has 2 heterocycles. The van der Waals surface area contributed by atoms with Crippen molar-refractivity contribution >= 4 is 5.91 Å². The molecule has 2 fully saturated rings. The van der Waals surface area contributed by atoms with Crippen LogP contribution < -0.4 is 5.73 Å². The zero-order valence-electron chi connectivity index (χ0n) is 14.0. The maximum atomic E-state index is 13.0. The molecule has 0 aliphatic carbocycles. The van der Waals surface area contributed by atoms with Gasteiger partial charge in [0.05, 0.1) is 6.10 Å². The molecule has 6 heteroatoms. The highest BCUT2D eigenvalue weighted by Crippen LogP contribution is 2.21. The summed E-state index contributed by atoms with van der Waals surface area (Å²) in [5.74, 6) is -0.103. The zero-order chi connectivity index (χ0) is 16.9. The van der Waals surface area contributed by atoms with E-state index in [1.54, 1.807) is 0 Å². The van der Waals surface area contributed by atoms with Crippen LogP contribution in [-0.4, -0.2) is 60.6 Å². The Morgan fingerprint density at radius 3 is 2.67 bits per heavy atom. The molecule has 2 N–H and O–H groups in total. The Balaban J connectivity index is 1.51. The summed E-state index contributed by atoms with van der Waals surface area (Å²) < 4.78 is 18.7. The Morgan fingerprint density at radius 1 is 1.17 bits per heavy atom. The van der Waals surface area contributed by atoms with Crippen molar-refractivity contribution in [2.24, 2.45) is 5.73 Å². The molecule has 0 aromatic heterocycles. The number of nitrogens with zero attached hydrogens (tertiary/aromatic N) is 2. The van der Waals surface area contributed by atoms with Gasteiger partial charge in [-0.3, -0.25) is 9.69 Å². The van der Waals surface area contributed by atoms with Crippen molar-refractivity contribution in [1.82, 2.24) is 9.80 Å². The summed E-state index contributed by atoms with van der Waals surface area (Å²) in [6.07, 6.45) is 2.30. The van der Waals surface area contributed by atoms with Crippen LogP contribution >= 0.6 is 0 Å². The Labute approximate surface area is 142 Å². The molecule has 5 nitrogen and oxygen atoms in total. The van der Waals surface area contributed by atoms with E-state index < -0.39 is 0 Å². The molecule has 0 unspecified atom stereocenters. The number of carbonyl (C=O) groups is 1. The van der Waals surface area contributed by atoms with Gasteiger partial charge >= 0.3 is 0 Å². The lowest BCUT2D eigenvalue weighted by molar-refractivity contribution is -0.142. The summed E-state index contributed by atoms with van der Waals surface area (Å²) in [6.45, 7) is 4.53. The van der Waals surface area contributed by atoms with E-state index in [9.17, 15) is 9.18 Å². The Bertz CT molecular complexity index is 552. The first-order chi connectivity index (χ1) is 11.7. The van der Waals surface area contributed by atoms with Gasteiger partial charge < -0.3 is 15.4 Å². The van der Waals surface area contributed by atoms with E-state index in [1.165, 1.54) is 12.1 Å². The third-order valence-corrected chi connectivity index (χ3v) is 4.87. The quantitative estimate of drug-likeness (QED) is 0.903. The van der Waals surface area contributed by atoms with Gasteiger partial charge in [-0.2, -0.15) is 0 Å². The van der Waals surface area contributed by atoms with E-state index >= 15 is 0 Å². The van der Waals surface area contributed by atoms with E-state index in [-0.39, 0.29) is 23.9 Å². The number of benzene rings is 1. The van der Waals surface area contributed by atoms with Gasteiger partial charge in [-0.15, -0.1) is 0 Å². The molecule has 0 spiro atoms. The molecule has 1 aromatic rings. The maximum Gasteiger partial charge on any atom is 0.251 e. The van der Waals surface area contributed by atoms with E-state index in [2.05, 4.69) is 4.90 Å². The Hall–Kier alpha value is -1.50. The van der Waals surface area contributed by atoms with Crippen LogP contribution in [0.15, 0.2) is 24.3 Å². The van der Waals surface area contributed by atoms with Crippen LogP contribution in [0.2, 0.25) is 0 Å². The van der Waals surface area contributed by atoms with Gasteiger partial charge in [0.25, 0.3) is 5.91 Å². The molecule has 2 aliphatic rings. The fourth-order valence-corrected chi connectivity index (χ4v) is 3.46. The highest BCUT2D eigenvalue weighted by molar-refractivity contribution is 5.81. The third kappa shape index (κ3) is 4.32. The highest BCUT2D eigenvalue weighted by atomic mass is 19.1. The lowest BCUT2D eigenvalue weighted by atomic mass is 10.2. The monoisotopic (exact) mass is 335 g/mol. The van der Waals surface area contributed by atoms with Gasteiger partial charge in [0.15, 0.2) is 0 Å². The minimum Gasteiger partial charge on any atom is -0.364 e. The molecule has 1 aromatic carbocycles. The normalized spacial score (nSPS) is 25.7. The maximum absolute atomic E-state index is 13.0. The molecular formula is C18H26FN3O2. The number of halogens is 1. The van der Waals surface area contributed by atoms with Gasteiger partial charge in [0, 0.05) is 39.3 Å². The first kappa shape index (κ1) is 17.3. The number of nitrogens with two attached hydrogens (primary N) is 1. The average Bonchev–Trinajstić information content (AvgIpc) is 2.96. The van der Waals surface area contributed by atoms with Crippen LogP contribution in [0.5, 0.6) is 0 Å². The van der Waals surface area contributed by atoms with Crippen LogP contribution in [0.25, 0.3) is 0 Å². The van der Waals surface area contributed by atoms with Crippen molar-refractivity contribution in [3.63, 3.8) is 0 Å². The van der Waals surface area contributed by atoms with Crippen molar-refractivity contribution in [2.75, 3.05) is 32.7 Å². The minimum absolute atomic E-state index is 0.0286. The van der Waals surface area contributed by atoms with Gasteiger partial charge in [0.1, 0.15) is 11.9 Å². The Kier molecular flexibility index (Phi) is 5.81. The average molecular weight is 335 g/mol. The second-order valence-electron chi connectivity index (χ2n) is 6.64. The summed E-state index contributed by atoms with van der Waals surface area (Å²) in [4.78, 5) is 16.9. The molecule has 0 radical (unpaired) electrons. The molecule has 0 bridgehead atoms. The van der Waals surface area contributed by atoms with Crippen molar-refractivity contribution in [3.8, 4) is 0 Å². The lowest BCUT2D eigenvalue weighted by Crippen LogP contribution is -2.41. The van der Waals surface area contributed by atoms with Crippen LogP contribution in [0.4, 0.5) is 4.39 Å². The minimum atomic E-state index is -0.317. The first-order valence-corrected chi connectivity index (χ1v) is 8.77. The summed E-state index contributed by atoms with van der Waals surface area (Å²) in [7, 11) is 0. The molecule has 2 aliphatic heterocycles. The van der Waals surface area contributed by atoms with E-state index in [0.29, 0.717) is 13.1 Å². The fourth-order valence-electron chi connectivity index (χ4n) is 3.46. The summed E-state index contributed by atoms with van der Waals surface area (Å²) in [5.41, 5.74) is 6.72. The predicted octanol–water partition coefficient (Wildman–Crippen LogP) is 1.37. The molecule has 24 heavy (non-hydrogen) atoms. The topological polar surface area (TPSA) is 58.8 Å². The van der Waals surface area contributed by atoms with Gasteiger partial charge in [-0.1, -0.05) is 12.1 Å². The number of rotatable bonds is 4. The standard InChI is InChI=1S/C18H26FN3O2/c19-15-4-2-14(3-5-15)13-21-8-1-9-22(11-10-21)18(23)17-7-6-16(12-20)24-17/h2-5,16-17H,1,6-13,20H2/t16-,17+/m1/s1. The van der Waals surface area contributed by atoms with Crippen LogP contribution in [0.3, 0.4) is 0 Å². The number of hydrogen-bond donors (Lipinski definition) is 1. The van der Waals surface area contributed by atoms with Gasteiger partial charge in [-0.25, -0.2) is 4.39 Å². The number of amides is 1. The van der Waals surface area contributed by atoms with E-state index in [4.69, 9.17) is 10.5 Å². The van der Waals surface area contributed by atoms with Crippen LogP contribution in [0.1, 0.15) is 24.8 Å². The van der Waals surface area contributed by atoms with Gasteiger partial charge in [-0.05, 0) is 37.0 Å². The van der Waals surface area contributed by atoms with Gasteiger partial charge in [0.2, 0.25) is 0 Å². The van der Waals surface area contributed by atoms with E-state index in [1.807, 2.05) is 17.0 Å². The van der Waals surface area contributed by atoms with Crippen molar-refractivity contribution < 1.29 is 13.9 Å². The smallest absolute Gasteiger partial charge is 0.251 e. The summed E-state index contributed by atoms with van der Waals surface area (Å²) >= 11 is 0. The second kappa shape index (κ2) is 8.05. The molecule has 1 amide bonds. The van der Waals surface area contributed by atoms with Crippen molar-refractivity contribution in [1.29, 1.82) is 0 Å². The third-order valence-electron chi connectivity index (χ3n) is 4.87. The molecule has 3 rings (SSSR count). The van der Waals surface area contributed by atoms with Crippen molar-refractivity contribution in [3.05, 3.63) is 35.6 Å². The molecule has 2 saturated heterocycles. The van der Waals surface area contributed by atoms with Crippen LogP contribution in [-0.2, 0) is 16.1 Å². The fraction of sp³-hybridized carbons (Fsp3) is 0.611. The van der Waals surface area contributed by atoms with Crippen molar-refractivity contribution in [2.45, 2.75) is 38.0 Å². The lowest BCUT2D eigenvalue weighted by Gasteiger charge is -2.24. The second-order valence-corrected chi connectivity index (χ2v) is 6.64. The largest absolute Gasteiger partial charge is 0.364 e. The highest BCUT2D eigenvalue weighted by Gasteiger charge is 2.33. The Morgan fingerprint density at radius 2 is 1.96 bits per heavy atom. The van der Waals surface area contributed by atoms with Crippen LogP contribution in [0, 0.1) is 5.82 Å². The summed E-state index contributed by atoms with van der Waals surface area (Å²) in [6, 6.07) is 6.63. The predicted molar refractivity (Wildman–Crippen MR) is 89.8 cm³/mol. The zero-order valence-corrected chi connectivity index (χ0v) is 14.0. The molecular weight excluding hydrogens is 309 g/mol. The summed E-state index contributed by atoms with van der Waals surface area (Å²) in [5, 5.41) is 0. The first-order valence-electron chi connectivity index (χ1n) is 8.77. The molecule has 132 valence electrons. The number of carbonyl (C=O) groups excluding carboxylic acids is 1. The molecule has 0 saturated carbocycles. The number of ether oxygens (including phenoxy) is 1. The van der Waals surface area contributed by atoms with E-state index in [0.717, 1.165) is 51.0 Å². The number of hydrogen-bond acceptors (Lipinski definition) is 4.